The van der Waals surface area contributed by atoms with Crippen molar-refractivity contribution in [3.63, 3.8) is 0 Å². The molecule has 0 radical (unpaired) electrons. The summed E-state index contributed by atoms with van der Waals surface area (Å²) in [6.45, 7) is 2.12. The normalized spacial score (nSPS) is 11.3. The van der Waals surface area contributed by atoms with Crippen LogP contribution in [-0.4, -0.2) is 23.7 Å². The molecule has 0 spiro atoms. The predicted octanol–water partition coefficient (Wildman–Crippen LogP) is 2.57. The van der Waals surface area contributed by atoms with Gasteiger partial charge in [0.25, 0.3) is 5.91 Å². The van der Waals surface area contributed by atoms with Gasteiger partial charge in [0.05, 0.1) is 12.2 Å². The van der Waals surface area contributed by atoms with Gasteiger partial charge in [0.15, 0.2) is 0 Å². The second-order valence-corrected chi connectivity index (χ2v) is 5.01. The van der Waals surface area contributed by atoms with Crippen LogP contribution in [0.2, 0.25) is 0 Å². The molecular formula is C17H18N2O4. The Bertz CT molecular complexity index is 673. The Kier molecular flexibility index (Phi) is 5.57. The molecule has 0 aliphatic heterocycles. The van der Waals surface area contributed by atoms with Crippen molar-refractivity contribution in [2.24, 2.45) is 0 Å². The van der Waals surface area contributed by atoms with E-state index in [0.717, 1.165) is 5.56 Å². The minimum absolute atomic E-state index is 0.0378. The lowest BCUT2D eigenvalue weighted by atomic mass is 10.0. The molecule has 2 aromatic rings. The average Bonchev–Trinajstić information content (AvgIpc) is 2.58. The number of nitrogens with one attached hydrogen (secondary N) is 2. The van der Waals surface area contributed by atoms with E-state index >= 15 is 0 Å². The number of carbonyl (C=O) groups excluding carboxylic acids is 2. The molecule has 0 aromatic heterocycles. The molecule has 0 heterocycles. The summed E-state index contributed by atoms with van der Waals surface area (Å²) in [4.78, 5) is 23.4. The number of rotatable bonds is 4. The SMILES string of the molecule is CC(COC(=O)NNC(=O)c1ccccc1O)c1ccccc1. The van der Waals surface area contributed by atoms with Gasteiger partial charge in [-0.3, -0.25) is 10.2 Å². The molecule has 0 fully saturated rings. The summed E-state index contributed by atoms with van der Waals surface area (Å²) < 4.78 is 5.05. The van der Waals surface area contributed by atoms with Crippen LogP contribution in [0.1, 0.15) is 28.8 Å². The molecule has 0 aliphatic rings. The average molecular weight is 314 g/mol. The minimum atomic E-state index is -0.767. The summed E-state index contributed by atoms with van der Waals surface area (Å²) >= 11 is 0. The molecule has 23 heavy (non-hydrogen) atoms. The Labute approximate surface area is 134 Å². The van der Waals surface area contributed by atoms with E-state index in [-0.39, 0.29) is 23.8 Å². The fraction of sp³-hybridized carbons (Fsp3) is 0.176. The number of amides is 2. The van der Waals surface area contributed by atoms with E-state index in [0.29, 0.717) is 0 Å². The van der Waals surface area contributed by atoms with Crippen molar-refractivity contribution in [3.05, 3.63) is 65.7 Å². The molecule has 0 saturated heterocycles. The third-order valence-electron chi connectivity index (χ3n) is 3.26. The first kappa shape index (κ1) is 16.4. The number of hydrogen-bond acceptors (Lipinski definition) is 4. The summed E-state index contributed by atoms with van der Waals surface area (Å²) in [5, 5.41) is 9.54. The number of hydrazine groups is 1. The van der Waals surface area contributed by atoms with Crippen molar-refractivity contribution < 1.29 is 19.4 Å². The highest BCUT2D eigenvalue weighted by atomic mass is 16.6. The van der Waals surface area contributed by atoms with Gasteiger partial charge < -0.3 is 9.84 Å². The number of ether oxygens (including phenoxy) is 1. The van der Waals surface area contributed by atoms with Crippen molar-refractivity contribution in [2.75, 3.05) is 6.61 Å². The molecule has 6 heteroatoms. The maximum absolute atomic E-state index is 11.8. The topological polar surface area (TPSA) is 87.7 Å². The van der Waals surface area contributed by atoms with Crippen LogP contribution in [0.5, 0.6) is 5.75 Å². The molecule has 2 amide bonds. The molecule has 0 bridgehead atoms. The summed E-state index contributed by atoms with van der Waals surface area (Å²) in [5.74, 6) is -0.759. The summed E-state index contributed by atoms with van der Waals surface area (Å²) in [6.07, 6.45) is -0.767. The van der Waals surface area contributed by atoms with Gasteiger partial charge in [0.1, 0.15) is 5.75 Å². The molecule has 1 atom stereocenters. The highest BCUT2D eigenvalue weighted by molar-refractivity contribution is 5.97. The van der Waals surface area contributed by atoms with E-state index in [4.69, 9.17) is 4.74 Å². The van der Waals surface area contributed by atoms with Crippen LogP contribution in [0.4, 0.5) is 4.79 Å². The van der Waals surface area contributed by atoms with E-state index in [1.54, 1.807) is 12.1 Å². The maximum atomic E-state index is 11.8. The molecule has 0 aliphatic carbocycles. The van der Waals surface area contributed by atoms with Crippen molar-refractivity contribution in [1.82, 2.24) is 10.9 Å². The van der Waals surface area contributed by atoms with Crippen LogP contribution in [0.3, 0.4) is 0 Å². The lowest BCUT2D eigenvalue weighted by Gasteiger charge is -2.13. The van der Waals surface area contributed by atoms with Gasteiger partial charge in [-0.15, -0.1) is 0 Å². The fourth-order valence-electron chi connectivity index (χ4n) is 1.96. The number of phenolic OH excluding ortho intramolecular Hbond substituents is 1. The van der Waals surface area contributed by atoms with Gasteiger partial charge >= 0.3 is 6.09 Å². The van der Waals surface area contributed by atoms with Crippen LogP contribution in [0, 0.1) is 0 Å². The zero-order chi connectivity index (χ0) is 16.7. The van der Waals surface area contributed by atoms with Gasteiger partial charge in [0, 0.05) is 5.92 Å². The van der Waals surface area contributed by atoms with E-state index in [9.17, 15) is 14.7 Å². The number of phenols is 1. The zero-order valence-corrected chi connectivity index (χ0v) is 12.7. The van der Waals surface area contributed by atoms with Crippen molar-refractivity contribution in [1.29, 1.82) is 0 Å². The number of benzene rings is 2. The van der Waals surface area contributed by atoms with E-state index in [1.165, 1.54) is 12.1 Å². The Morgan fingerprint density at radius 3 is 2.39 bits per heavy atom. The lowest BCUT2D eigenvalue weighted by molar-refractivity contribution is 0.0904. The highest BCUT2D eigenvalue weighted by Crippen LogP contribution is 2.15. The van der Waals surface area contributed by atoms with E-state index < -0.39 is 12.0 Å². The highest BCUT2D eigenvalue weighted by Gasteiger charge is 2.12. The quantitative estimate of drug-likeness (QED) is 0.757. The van der Waals surface area contributed by atoms with Crippen LogP contribution in [0.15, 0.2) is 54.6 Å². The van der Waals surface area contributed by atoms with Crippen LogP contribution >= 0.6 is 0 Å². The fourth-order valence-corrected chi connectivity index (χ4v) is 1.96. The van der Waals surface area contributed by atoms with E-state index in [2.05, 4.69) is 10.9 Å². The van der Waals surface area contributed by atoms with Gasteiger partial charge in [-0.2, -0.15) is 0 Å². The van der Waals surface area contributed by atoms with Crippen molar-refractivity contribution in [3.8, 4) is 5.75 Å². The first-order valence-corrected chi connectivity index (χ1v) is 7.14. The number of hydrogen-bond donors (Lipinski definition) is 3. The molecule has 2 rings (SSSR count). The smallest absolute Gasteiger partial charge is 0.426 e. The van der Waals surface area contributed by atoms with Crippen molar-refractivity contribution >= 4 is 12.0 Å². The first-order chi connectivity index (χ1) is 11.1. The van der Waals surface area contributed by atoms with Crippen LogP contribution < -0.4 is 10.9 Å². The first-order valence-electron chi connectivity index (χ1n) is 7.14. The molecule has 3 N–H and O–H groups in total. The van der Waals surface area contributed by atoms with Crippen molar-refractivity contribution in [2.45, 2.75) is 12.8 Å². The molecule has 0 saturated carbocycles. The molecular weight excluding hydrogens is 296 g/mol. The summed E-state index contributed by atoms with van der Waals surface area (Å²) in [7, 11) is 0. The zero-order valence-electron chi connectivity index (χ0n) is 12.7. The monoisotopic (exact) mass is 314 g/mol. The lowest BCUT2D eigenvalue weighted by Crippen LogP contribution is -2.42. The van der Waals surface area contributed by atoms with Gasteiger partial charge in [-0.05, 0) is 17.7 Å². The molecule has 2 aromatic carbocycles. The molecule has 1 unspecified atom stereocenters. The van der Waals surface area contributed by atoms with Gasteiger partial charge in [-0.1, -0.05) is 49.4 Å². The summed E-state index contributed by atoms with van der Waals surface area (Å²) in [5.41, 5.74) is 5.44. The third kappa shape index (κ3) is 4.74. The van der Waals surface area contributed by atoms with E-state index in [1.807, 2.05) is 37.3 Å². The second kappa shape index (κ2) is 7.84. The number of aromatic hydroxyl groups is 1. The van der Waals surface area contributed by atoms with Crippen LogP contribution in [-0.2, 0) is 4.74 Å². The number of carbonyl (C=O) groups is 2. The standard InChI is InChI=1S/C17H18N2O4/c1-12(13-7-3-2-4-8-13)11-23-17(22)19-18-16(21)14-9-5-6-10-15(14)20/h2-10,12,20H,11H2,1H3,(H,18,21)(H,19,22). The number of para-hydroxylation sites is 1. The minimum Gasteiger partial charge on any atom is -0.507 e. The Morgan fingerprint density at radius 2 is 1.70 bits per heavy atom. The van der Waals surface area contributed by atoms with Gasteiger partial charge in [-0.25, -0.2) is 10.2 Å². The Morgan fingerprint density at radius 1 is 1.04 bits per heavy atom. The largest absolute Gasteiger partial charge is 0.507 e. The molecule has 6 nitrogen and oxygen atoms in total. The maximum Gasteiger partial charge on any atom is 0.426 e. The van der Waals surface area contributed by atoms with Crippen LogP contribution in [0.25, 0.3) is 0 Å². The Hall–Kier alpha value is -3.02. The predicted molar refractivity (Wildman–Crippen MR) is 84.9 cm³/mol. The molecule has 120 valence electrons. The summed E-state index contributed by atoms with van der Waals surface area (Å²) in [6, 6.07) is 15.7. The van der Waals surface area contributed by atoms with Gasteiger partial charge in [0.2, 0.25) is 0 Å². The third-order valence-corrected chi connectivity index (χ3v) is 3.26. The second-order valence-electron chi connectivity index (χ2n) is 5.01. The Balaban J connectivity index is 1.77.